The number of ether oxygens (including phenoxy) is 2. The van der Waals surface area contributed by atoms with Gasteiger partial charge < -0.3 is 29.9 Å². The fourth-order valence-electron chi connectivity index (χ4n) is 5.64. The van der Waals surface area contributed by atoms with E-state index in [0.717, 1.165) is 44.2 Å². The van der Waals surface area contributed by atoms with Crippen LogP contribution in [0.4, 0.5) is 47.8 Å². The molecule has 46 heavy (non-hydrogen) atoms. The molecule has 6 nitrogen and oxygen atoms in total. The van der Waals surface area contributed by atoms with Crippen molar-refractivity contribution < 1.29 is 40.2 Å². The Morgan fingerprint density at radius 3 is 2.41 bits per heavy atom. The maximum absolute atomic E-state index is 15.1. The molecule has 250 valence electrons. The first-order chi connectivity index (χ1) is 21.9. The van der Waals surface area contributed by atoms with Crippen LogP contribution < -0.4 is 20.3 Å². The number of likely N-dealkylation sites (tertiary alicyclic amines) is 1. The molecule has 2 N–H and O–H groups in total. The molecule has 0 aliphatic carbocycles. The molecule has 2 fully saturated rings. The number of halogens is 7. The van der Waals surface area contributed by atoms with Crippen LogP contribution in [-0.4, -0.2) is 82.4 Å². The van der Waals surface area contributed by atoms with E-state index in [1.165, 1.54) is 17.4 Å². The molecule has 2 aliphatic rings. The highest BCUT2D eigenvalue weighted by Gasteiger charge is 2.32. The van der Waals surface area contributed by atoms with Crippen molar-refractivity contribution in [3.05, 3.63) is 46.6 Å². The smallest absolute Gasteiger partial charge is 0.422 e. The number of rotatable bonds is 9. The highest BCUT2D eigenvalue weighted by atomic mass is 32.1. The van der Waals surface area contributed by atoms with Crippen LogP contribution in [0.3, 0.4) is 0 Å². The topological polar surface area (TPSA) is 49.0 Å². The zero-order valence-electron chi connectivity index (χ0n) is 25.2. The minimum absolute atomic E-state index is 0.0551. The number of thiophene rings is 1. The van der Waals surface area contributed by atoms with Crippen LogP contribution >= 0.6 is 11.3 Å². The van der Waals surface area contributed by atoms with E-state index >= 15 is 4.39 Å². The van der Waals surface area contributed by atoms with Gasteiger partial charge in [-0.15, -0.1) is 11.3 Å². The lowest BCUT2D eigenvalue weighted by Gasteiger charge is -2.32. The second-order valence-electron chi connectivity index (χ2n) is 11.2. The average molecular weight is 673 g/mol. The van der Waals surface area contributed by atoms with Gasteiger partial charge in [-0.3, -0.25) is 0 Å². The van der Waals surface area contributed by atoms with E-state index < -0.39 is 31.2 Å². The third-order valence-electron chi connectivity index (χ3n) is 7.95. The minimum atomic E-state index is -4.62. The van der Waals surface area contributed by atoms with Crippen LogP contribution in [0.2, 0.25) is 0 Å². The van der Waals surface area contributed by atoms with Crippen LogP contribution in [0.25, 0.3) is 10.1 Å². The minimum Gasteiger partial charge on any atom is -0.482 e. The van der Waals surface area contributed by atoms with E-state index in [0.29, 0.717) is 36.4 Å². The van der Waals surface area contributed by atoms with Gasteiger partial charge in [-0.2, -0.15) is 26.3 Å². The maximum atomic E-state index is 15.1. The third kappa shape index (κ3) is 8.89. The van der Waals surface area contributed by atoms with Crippen LogP contribution in [0.15, 0.2) is 30.3 Å². The molecule has 2 aromatic carbocycles. The Morgan fingerprint density at radius 2 is 1.74 bits per heavy atom. The van der Waals surface area contributed by atoms with Crippen LogP contribution in [0.5, 0.6) is 5.75 Å². The zero-order chi connectivity index (χ0) is 32.9. The SMILES string of the molecule is CCN1CCC(Nc2cccc3c(CC(F)(F)F)c(C#CCNc4cc(F)c(N5CCOCC5)cc4OCC(F)(F)F)sc23)CC1. The maximum Gasteiger partial charge on any atom is 0.422 e. The first-order valence-corrected chi connectivity index (χ1v) is 15.9. The predicted octanol–water partition coefficient (Wildman–Crippen LogP) is 7.28. The molecule has 0 unspecified atom stereocenters. The van der Waals surface area contributed by atoms with Gasteiger partial charge >= 0.3 is 12.4 Å². The lowest BCUT2D eigenvalue weighted by atomic mass is 10.0. The Bertz CT molecular complexity index is 1550. The first-order valence-electron chi connectivity index (χ1n) is 15.1. The summed E-state index contributed by atoms with van der Waals surface area (Å²) < 4.78 is 106. The molecule has 0 amide bonds. The summed E-state index contributed by atoms with van der Waals surface area (Å²) in [5.41, 5.74) is 0.855. The normalized spacial score (nSPS) is 16.7. The number of piperidine rings is 1. The van der Waals surface area contributed by atoms with Crippen LogP contribution in [-0.2, 0) is 11.2 Å². The number of alkyl halides is 6. The summed E-state index contributed by atoms with van der Waals surface area (Å²) in [6, 6.07) is 7.69. The molecule has 0 radical (unpaired) electrons. The number of hydrogen-bond acceptors (Lipinski definition) is 7. The van der Waals surface area contributed by atoms with Crippen molar-refractivity contribution in [1.29, 1.82) is 0 Å². The second kappa shape index (κ2) is 14.6. The average Bonchev–Trinajstić information content (AvgIpc) is 3.35. The van der Waals surface area contributed by atoms with Crippen molar-refractivity contribution in [3.63, 3.8) is 0 Å². The first kappa shape index (κ1) is 33.9. The molecule has 3 heterocycles. The second-order valence-corrected chi connectivity index (χ2v) is 12.2. The summed E-state index contributed by atoms with van der Waals surface area (Å²) in [6.07, 6.45) is -8.41. The van der Waals surface area contributed by atoms with Gasteiger partial charge in [-0.25, -0.2) is 4.39 Å². The van der Waals surface area contributed by atoms with E-state index in [4.69, 9.17) is 9.47 Å². The molecule has 0 atom stereocenters. The molecule has 0 bridgehead atoms. The number of morpholine rings is 1. The van der Waals surface area contributed by atoms with Gasteiger partial charge in [-0.05, 0) is 36.4 Å². The number of fused-ring (bicyclic) bond motifs is 1. The van der Waals surface area contributed by atoms with Gasteiger partial charge in [-0.1, -0.05) is 30.9 Å². The molecule has 2 aliphatic heterocycles. The van der Waals surface area contributed by atoms with Gasteiger partial charge in [0.15, 0.2) is 6.61 Å². The van der Waals surface area contributed by atoms with E-state index in [-0.39, 0.29) is 40.2 Å². The highest BCUT2D eigenvalue weighted by molar-refractivity contribution is 7.20. The van der Waals surface area contributed by atoms with Gasteiger partial charge in [0.1, 0.15) is 11.6 Å². The quantitative estimate of drug-likeness (QED) is 0.184. The monoisotopic (exact) mass is 672 g/mol. The Morgan fingerprint density at radius 1 is 1.00 bits per heavy atom. The molecule has 14 heteroatoms. The standard InChI is InChI=1S/C32H35F7N4O2S/c1-2-42-11-8-21(9-12-42)41-25-6-3-5-22-23(19-31(34,35)36)29(46-30(22)25)7-4-10-40-26-17-24(33)27(43-13-15-44-16-14-43)18-28(26)45-20-32(37,38)39/h3,5-6,17-18,21,40-41H,2,8-16,19-20H2,1H3. The Kier molecular flexibility index (Phi) is 10.7. The van der Waals surface area contributed by atoms with E-state index in [9.17, 15) is 26.3 Å². The summed E-state index contributed by atoms with van der Waals surface area (Å²) in [5.74, 6) is 4.71. The molecular weight excluding hydrogens is 637 g/mol. The van der Waals surface area contributed by atoms with Gasteiger partial charge in [0.25, 0.3) is 0 Å². The summed E-state index contributed by atoms with van der Waals surface area (Å²) >= 11 is 1.17. The number of anilines is 3. The van der Waals surface area contributed by atoms with Gasteiger partial charge in [0.05, 0.1) is 52.8 Å². The Balaban J connectivity index is 1.38. The van der Waals surface area contributed by atoms with E-state index in [1.807, 2.05) is 6.07 Å². The Labute approximate surface area is 266 Å². The molecular formula is C32H35F7N4O2S. The zero-order valence-corrected chi connectivity index (χ0v) is 26.0. The number of benzene rings is 2. The fraction of sp³-hybridized carbons (Fsp3) is 0.500. The number of nitrogens with zero attached hydrogens (tertiary/aromatic N) is 2. The molecule has 5 rings (SSSR count). The molecule has 1 aromatic heterocycles. The van der Waals surface area contributed by atoms with Gasteiger partial charge in [0.2, 0.25) is 0 Å². The summed E-state index contributed by atoms with van der Waals surface area (Å²) in [5, 5.41) is 6.78. The number of hydrogen-bond donors (Lipinski definition) is 2. The van der Waals surface area contributed by atoms with E-state index in [2.05, 4.69) is 34.3 Å². The van der Waals surface area contributed by atoms with Crippen LogP contribution in [0, 0.1) is 17.7 Å². The number of nitrogens with one attached hydrogen (secondary N) is 2. The lowest BCUT2D eigenvalue weighted by molar-refractivity contribution is -0.153. The summed E-state index contributed by atoms with van der Waals surface area (Å²) in [7, 11) is 0. The van der Waals surface area contributed by atoms with Crippen molar-refractivity contribution in [2.45, 2.75) is 44.6 Å². The van der Waals surface area contributed by atoms with E-state index in [1.54, 1.807) is 17.0 Å². The summed E-state index contributed by atoms with van der Waals surface area (Å²) in [6.45, 7) is 4.62. The van der Waals surface area contributed by atoms with Crippen molar-refractivity contribution in [3.8, 4) is 17.6 Å². The van der Waals surface area contributed by atoms with Crippen molar-refractivity contribution in [1.82, 2.24) is 4.90 Å². The van der Waals surface area contributed by atoms with Crippen molar-refractivity contribution in [2.24, 2.45) is 0 Å². The third-order valence-corrected chi connectivity index (χ3v) is 9.15. The largest absolute Gasteiger partial charge is 0.482 e. The predicted molar refractivity (Wildman–Crippen MR) is 167 cm³/mol. The molecule has 0 spiro atoms. The molecule has 0 saturated carbocycles. The molecule has 3 aromatic rings. The van der Waals surface area contributed by atoms with Crippen molar-refractivity contribution >= 4 is 38.5 Å². The van der Waals surface area contributed by atoms with Crippen LogP contribution in [0.1, 0.15) is 30.2 Å². The lowest BCUT2D eigenvalue weighted by Crippen LogP contribution is -2.38. The Hall–Kier alpha value is -3.41. The summed E-state index contributed by atoms with van der Waals surface area (Å²) in [4.78, 5) is 4.25. The highest BCUT2D eigenvalue weighted by Crippen LogP contribution is 2.40. The van der Waals surface area contributed by atoms with Gasteiger partial charge in [0, 0.05) is 44.4 Å². The fourth-order valence-corrected chi connectivity index (χ4v) is 6.82. The molecule has 2 saturated heterocycles. The van der Waals surface area contributed by atoms with Crippen molar-refractivity contribution in [2.75, 3.05) is 74.6 Å².